The first-order valence-corrected chi connectivity index (χ1v) is 9.57. The largest absolute Gasteiger partial charge is 0.497 e. The van der Waals surface area contributed by atoms with Gasteiger partial charge in [0.05, 0.1) is 18.0 Å². The van der Waals surface area contributed by atoms with E-state index in [2.05, 4.69) is 5.32 Å². The Morgan fingerprint density at radius 3 is 2.46 bits per heavy atom. The number of hydrogen-bond acceptors (Lipinski definition) is 5. The normalized spacial score (nSPS) is 11.5. The number of rotatable bonds is 7. The molecule has 9 heteroatoms. The number of benzene rings is 1. The predicted molar refractivity (Wildman–Crippen MR) is 94.0 cm³/mol. The fourth-order valence-corrected chi connectivity index (χ4v) is 4.70. The van der Waals surface area contributed by atoms with Gasteiger partial charge in [0.1, 0.15) is 9.96 Å². The molecular weight excluding hydrogens is 372 g/mol. The topological polar surface area (TPSA) is 75.7 Å². The first-order valence-electron chi connectivity index (χ1n) is 6.94. The molecule has 130 valence electrons. The number of carbonyl (C=O) groups is 1. The molecule has 0 unspecified atom stereocenters. The van der Waals surface area contributed by atoms with Crippen molar-refractivity contribution in [3.63, 3.8) is 0 Å². The lowest BCUT2D eigenvalue weighted by atomic mass is 10.2. The Hall–Kier alpha value is -1.61. The molecule has 24 heavy (non-hydrogen) atoms. The number of nitrogens with one attached hydrogen (secondary N) is 1. The van der Waals surface area contributed by atoms with E-state index in [1.807, 2.05) is 12.1 Å². The Morgan fingerprint density at radius 1 is 1.25 bits per heavy atom. The summed E-state index contributed by atoms with van der Waals surface area (Å²) < 4.78 is 31.2. The second-order valence-electron chi connectivity index (χ2n) is 4.94. The Morgan fingerprint density at radius 2 is 1.92 bits per heavy atom. The molecule has 1 N–H and O–H groups in total. The predicted octanol–water partition coefficient (Wildman–Crippen LogP) is 2.35. The van der Waals surface area contributed by atoms with Crippen LogP contribution in [0, 0.1) is 0 Å². The van der Waals surface area contributed by atoms with Crippen molar-refractivity contribution >= 4 is 38.9 Å². The van der Waals surface area contributed by atoms with Gasteiger partial charge >= 0.3 is 0 Å². The molecular formula is C15H17ClN2O4S2. The third kappa shape index (κ3) is 4.70. The molecule has 0 aliphatic rings. The highest BCUT2D eigenvalue weighted by Crippen LogP contribution is 2.27. The van der Waals surface area contributed by atoms with Crippen LogP contribution in [0.4, 0.5) is 0 Å². The van der Waals surface area contributed by atoms with E-state index in [0.29, 0.717) is 10.9 Å². The lowest BCUT2D eigenvalue weighted by molar-refractivity contribution is -0.121. The van der Waals surface area contributed by atoms with Crippen LogP contribution in [0.2, 0.25) is 4.34 Å². The maximum absolute atomic E-state index is 12.3. The zero-order valence-corrected chi connectivity index (χ0v) is 15.5. The SMILES string of the molecule is COc1ccc(CNC(=O)CN(C)S(=O)(=O)c2ccc(Cl)s2)cc1. The average Bonchev–Trinajstić information content (AvgIpc) is 3.00. The van der Waals surface area contributed by atoms with E-state index in [-0.39, 0.29) is 16.7 Å². The fraction of sp³-hybridized carbons (Fsp3) is 0.267. The Kier molecular flexibility index (Phi) is 6.22. The number of thiophene rings is 1. The van der Waals surface area contributed by atoms with Crippen molar-refractivity contribution in [2.45, 2.75) is 10.8 Å². The van der Waals surface area contributed by atoms with Crippen LogP contribution in [-0.2, 0) is 21.4 Å². The molecule has 0 atom stereocenters. The van der Waals surface area contributed by atoms with Gasteiger partial charge in [0.15, 0.2) is 0 Å². The summed E-state index contributed by atoms with van der Waals surface area (Å²) in [6.45, 7) is 0.0373. The molecule has 1 amide bonds. The van der Waals surface area contributed by atoms with Crippen LogP contribution < -0.4 is 10.1 Å². The smallest absolute Gasteiger partial charge is 0.252 e. The highest BCUT2D eigenvalue weighted by molar-refractivity contribution is 7.91. The van der Waals surface area contributed by atoms with E-state index in [9.17, 15) is 13.2 Å². The number of likely N-dealkylation sites (N-methyl/N-ethyl adjacent to an activating group) is 1. The standard InChI is InChI=1S/C15H17ClN2O4S2/c1-18(24(20,21)15-8-7-13(16)23-15)10-14(19)17-9-11-3-5-12(22-2)6-4-11/h3-8H,9-10H2,1-2H3,(H,17,19). The first-order chi connectivity index (χ1) is 11.3. The third-order valence-electron chi connectivity index (χ3n) is 3.23. The number of nitrogens with zero attached hydrogens (tertiary/aromatic N) is 1. The van der Waals surface area contributed by atoms with Crippen LogP contribution in [-0.4, -0.2) is 39.3 Å². The summed E-state index contributed by atoms with van der Waals surface area (Å²) in [5, 5.41) is 2.69. The molecule has 6 nitrogen and oxygen atoms in total. The first kappa shape index (κ1) is 18.7. The van der Waals surface area contributed by atoms with Crippen LogP contribution in [0.3, 0.4) is 0 Å². The monoisotopic (exact) mass is 388 g/mol. The van der Waals surface area contributed by atoms with E-state index in [1.54, 1.807) is 19.2 Å². The second-order valence-corrected chi connectivity index (χ2v) is 8.93. The number of sulfonamides is 1. The van der Waals surface area contributed by atoms with E-state index in [1.165, 1.54) is 19.2 Å². The quantitative estimate of drug-likeness (QED) is 0.789. The molecule has 2 rings (SSSR count). The molecule has 0 radical (unpaired) electrons. The van der Waals surface area contributed by atoms with Crippen molar-refractivity contribution in [2.24, 2.45) is 0 Å². The summed E-state index contributed by atoms with van der Waals surface area (Å²) in [5.74, 6) is 0.338. The van der Waals surface area contributed by atoms with Gasteiger partial charge in [0.2, 0.25) is 5.91 Å². The van der Waals surface area contributed by atoms with Crippen molar-refractivity contribution in [3.05, 3.63) is 46.3 Å². The number of halogens is 1. The van der Waals surface area contributed by atoms with Gasteiger partial charge in [-0.15, -0.1) is 11.3 Å². The maximum atomic E-state index is 12.3. The van der Waals surface area contributed by atoms with E-state index in [0.717, 1.165) is 27.0 Å². The summed E-state index contributed by atoms with van der Waals surface area (Å²) in [6.07, 6.45) is 0. The van der Waals surface area contributed by atoms with Crippen LogP contribution in [0.5, 0.6) is 5.75 Å². The minimum absolute atomic E-state index is 0.109. The Balaban J connectivity index is 1.91. The summed E-state index contributed by atoms with van der Waals surface area (Å²) in [6, 6.07) is 10.2. The average molecular weight is 389 g/mol. The number of carbonyl (C=O) groups excluding carboxylic acids is 1. The van der Waals surface area contributed by atoms with Crippen LogP contribution in [0.15, 0.2) is 40.6 Å². The van der Waals surface area contributed by atoms with Gasteiger partial charge in [-0.25, -0.2) is 8.42 Å². The van der Waals surface area contributed by atoms with Crippen molar-refractivity contribution in [1.82, 2.24) is 9.62 Å². The van der Waals surface area contributed by atoms with Crippen LogP contribution in [0.25, 0.3) is 0 Å². The van der Waals surface area contributed by atoms with Gasteiger partial charge in [-0.05, 0) is 29.8 Å². The van der Waals surface area contributed by atoms with Crippen molar-refractivity contribution in [3.8, 4) is 5.75 Å². The maximum Gasteiger partial charge on any atom is 0.252 e. The molecule has 0 saturated carbocycles. The molecule has 2 aromatic rings. The van der Waals surface area contributed by atoms with Gasteiger partial charge in [0, 0.05) is 13.6 Å². The van der Waals surface area contributed by atoms with E-state index in [4.69, 9.17) is 16.3 Å². The highest BCUT2D eigenvalue weighted by atomic mass is 35.5. The van der Waals surface area contributed by atoms with Gasteiger partial charge in [0.25, 0.3) is 10.0 Å². The third-order valence-corrected chi connectivity index (χ3v) is 6.73. The van der Waals surface area contributed by atoms with Gasteiger partial charge in [-0.1, -0.05) is 23.7 Å². The number of ether oxygens (including phenoxy) is 1. The Bertz CT molecular complexity index is 803. The van der Waals surface area contributed by atoms with Crippen LogP contribution >= 0.6 is 22.9 Å². The molecule has 0 fully saturated rings. The van der Waals surface area contributed by atoms with Crippen molar-refractivity contribution in [1.29, 1.82) is 0 Å². The summed E-state index contributed by atoms with van der Waals surface area (Å²) in [7, 11) is -0.781. The highest BCUT2D eigenvalue weighted by Gasteiger charge is 2.24. The number of amides is 1. The van der Waals surface area contributed by atoms with Crippen molar-refractivity contribution < 1.29 is 17.9 Å². The van der Waals surface area contributed by atoms with Gasteiger partial charge in [-0.2, -0.15) is 4.31 Å². The van der Waals surface area contributed by atoms with E-state index < -0.39 is 10.0 Å². The zero-order chi connectivity index (χ0) is 17.7. The lowest BCUT2D eigenvalue weighted by Gasteiger charge is -2.15. The number of hydrogen-bond donors (Lipinski definition) is 1. The molecule has 1 heterocycles. The number of methoxy groups -OCH3 is 1. The molecule has 0 aliphatic carbocycles. The molecule has 0 bridgehead atoms. The Labute approximate surface area is 150 Å². The minimum atomic E-state index is -3.72. The second kappa shape index (κ2) is 7.98. The minimum Gasteiger partial charge on any atom is -0.497 e. The zero-order valence-electron chi connectivity index (χ0n) is 13.2. The summed E-state index contributed by atoms with van der Waals surface area (Å²) >= 11 is 6.72. The fourth-order valence-electron chi connectivity index (χ4n) is 1.88. The molecule has 1 aromatic heterocycles. The molecule has 0 aliphatic heterocycles. The summed E-state index contributed by atoms with van der Waals surface area (Å²) in [5.41, 5.74) is 0.889. The molecule has 0 spiro atoms. The molecule has 1 aromatic carbocycles. The molecule has 0 saturated heterocycles. The van der Waals surface area contributed by atoms with Crippen molar-refractivity contribution in [2.75, 3.05) is 20.7 Å². The van der Waals surface area contributed by atoms with Gasteiger partial charge < -0.3 is 10.1 Å². The van der Waals surface area contributed by atoms with E-state index >= 15 is 0 Å². The van der Waals surface area contributed by atoms with Gasteiger partial charge in [-0.3, -0.25) is 4.79 Å². The summed E-state index contributed by atoms with van der Waals surface area (Å²) in [4.78, 5) is 12.0. The van der Waals surface area contributed by atoms with Crippen LogP contribution in [0.1, 0.15) is 5.56 Å². The lowest BCUT2D eigenvalue weighted by Crippen LogP contribution is -2.37.